The van der Waals surface area contributed by atoms with Crippen molar-refractivity contribution in [1.29, 1.82) is 0 Å². The van der Waals surface area contributed by atoms with Crippen LogP contribution in [0.3, 0.4) is 0 Å². The van der Waals surface area contributed by atoms with E-state index < -0.39 is 0 Å². The van der Waals surface area contributed by atoms with Crippen LogP contribution in [0.25, 0.3) is 5.52 Å². The van der Waals surface area contributed by atoms with E-state index in [1.165, 1.54) is 0 Å². The summed E-state index contributed by atoms with van der Waals surface area (Å²) in [6, 6.07) is 0.129. The van der Waals surface area contributed by atoms with E-state index in [0.29, 0.717) is 0 Å². The third-order valence-corrected chi connectivity index (χ3v) is 3.27. The Labute approximate surface area is 110 Å². The lowest BCUT2D eigenvalue weighted by Crippen LogP contribution is -2.20. The average Bonchev–Trinajstić information content (AvgIpc) is 3.03. The summed E-state index contributed by atoms with van der Waals surface area (Å²) < 4.78 is 3.61. The van der Waals surface area contributed by atoms with Crippen molar-refractivity contribution in [3.05, 3.63) is 42.5 Å². The molecular formula is C12H15N7. The molecule has 3 rings (SSSR count). The zero-order chi connectivity index (χ0) is 13.2. The van der Waals surface area contributed by atoms with E-state index in [1.54, 1.807) is 17.2 Å². The topological polar surface area (TPSA) is 72.9 Å². The maximum absolute atomic E-state index is 4.33. The summed E-state index contributed by atoms with van der Waals surface area (Å²) in [6.07, 6.45) is 9.58. The van der Waals surface area contributed by atoms with E-state index in [2.05, 4.69) is 25.5 Å². The minimum absolute atomic E-state index is 0.129. The monoisotopic (exact) mass is 257 g/mol. The number of hydrogen-bond donors (Lipinski definition) is 1. The summed E-state index contributed by atoms with van der Waals surface area (Å²) >= 11 is 0. The normalized spacial score (nSPS) is 12.9. The second kappa shape index (κ2) is 4.77. The van der Waals surface area contributed by atoms with Crippen molar-refractivity contribution >= 4 is 5.52 Å². The third-order valence-electron chi connectivity index (χ3n) is 3.27. The fourth-order valence-electron chi connectivity index (χ4n) is 2.18. The number of nitrogens with one attached hydrogen (secondary N) is 1. The minimum Gasteiger partial charge on any atom is -0.312 e. The van der Waals surface area contributed by atoms with Crippen LogP contribution < -0.4 is 5.32 Å². The van der Waals surface area contributed by atoms with Crippen LogP contribution in [-0.4, -0.2) is 36.4 Å². The van der Waals surface area contributed by atoms with E-state index >= 15 is 0 Å². The number of likely N-dealkylation sites (N-methyl/N-ethyl adjacent to an activating group) is 1. The lowest BCUT2D eigenvalue weighted by molar-refractivity contribution is 0.556. The SMILES string of the molecule is CNC(Cc1ncnn1C)c1cnn2ccncc12. The molecule has 7 heteroatoms. The second-order valence-corrected chi connectivity index (χ2v) is 4.35. The Hall–Kier alpha value is -2.28. The highest BCUT2D eigenvalue weighted by molar-refractivity contribution is 5.53. The molecule has 0 fully saturated rings. The maximum atomic E-state index is 4.33. The highest BCUT2D eigenvalue weighted by atomic mass is 15.3. The Morgan fingerprint density at radius 2 is 2.21 bits per heavy atom. The first kappa shape index (κ1) is 11.8. The largest absolute Gasteiger partial charge is 0.312 e. The van der Waals surface area contributed by atoms with Crippen molar-refractivity contribution in [1.82, 2.24) is 34.7 Å². The molecule has 7 nitrogen and oxygen atoms in total. The Balaban J connectivity index is 1.96. The van der Waals surface area contributed by atoms with Gasteiger partial charge in [-0.25, -0.2) is 9.50 Å². The molecule has 19 heavy (non-hydrogen) atoms. The van der Waals surface area contributed by atoms with Crippen molar-refractivity contribution in [2.45, 2.75) is 12.5 Å². The van der Waals surface area contributed by atoms with Gasteiger partial charge >= 0.3 is 0 Å². The van der Waals surface area contributed by atoms with Gasteiger partial charge in [0, 0.05) is 37.5 Å². The number of fused-ring (bicyclic) bond motifs is 1. The number of hydrogen-bond acceptors (Lipinski definition) is 5. The Morgan fingerprint density at radius 3 is 2.95 bits per heavy atom. The third kappa shape index (κ3) is 2.08. The minimum atomic E-state index is 0.129. The van der Waals surface area contributed by atoms with Crippen LogP contribution in [0.2, 0.25) is 0 Å². The van der Waals surface area contributed by atoms with Crippen molar-refractivity contribution in [2.75, 3.05) is 7.05 Å². The first-order chi connectivity index (χ1) is 9.29. The first-order valence-electron chi connectivity index (χ1n) is 6.07. The van der Waals surface area contributed by atoms with Gasteiger partial charge in [0.25, 0.3) is 0 Å². The van der Waals surface area contributed by atoms with Gasteiger partial charge in [-0.3, -0.25) is 9.67 Å². The number of rotatable bonds is 4. The molecule has 3 aromatic heterocycles. The fraction of sp³-hybridized carbons (Fsp3) is 0.333. The Morgan fingerprint density at radius 1 is 1.32 bits per heavy atom. The average molecular weight is 257 g/mol. The van der Waals surface area contributed by atoms with E-state index in [4.69, 9.17) is 0 Å². The predicted octanol–water partition coefficient (Wildman–Crippen LogP) is 0.361. The van der Waals surface area contributed by atoms with Crippen LogP contribution in [0.5, 0.6) is 0 Å². The van der Waals surface area contributed by atoms with Gasteiger partial charge in [0.05, 0.1) is 17.9 Å². The lowest BCUT2D eigenvalue weighted by Gasteiger charge is -2.14. The molecule has 0 bridgehead atoms. The maximum Gasteiger partial charge on any atom is 0.138 e. The second-order valence-electron chi connectivity index (χ2n) is 4.35. The smallest absolute Gasteiger partial charge is 0.138 e. The van der Waals surface area contributed by atoms with Gasteiger partial charge in [-0.2, -0.15) is 10.2 Å². The van der Waals surface area contributed by atoms with Crippen LogP contribution in [0.15, 0.2) is 31.1 Å². The molecule has 0 saturated carbocycles. The van der Waals surface area contributed by atoms with Gasteiger partial charge in [-0.15, -0.1) is 0 Å². The number of nitrogens with zero attached hydrogens (tertiary/aromatic N) is 6. The first-order valence-corrected chi connectivity index (χ1v) is 6.07. The van der Waals surface area contributed by atoms with Gasteiger partial charge in [-0.05, 0) is 7.05 Å². The molecule has 0 spiro atoms. The summed E-state index contributed by atoms with van der Waals surface area (Å²) in [7, 11) is 3.83. The molecule has 0 saturated heterocycles. The van der Waals surface area contributed by atoms with Crippen LogP contribution in [0.4, 0.5) is 0 Å². The highest BCUT2D eigenvalue weighted by Crippen LogP contribution is 2.21. The molecule has 0 aliphatic rings. The van der Waals surface area contributed by atoms with Crippen molar-refractivity contribution in [2.24, 2.45) is 7.05 Å². The molecule has 0 radical (unpaired) electrons. The Kier molecular flexibility index (Phi) is 2.96. The number of aryl methyl sites for hydroxylation is 1. The van der Waals surface area contributed by atoms with E-state index in [9.17, 15) is 0 Å². The molecule has 1 N–H and O–H groups in total. The van der Waals surface area contributed by atoms with Crippen LogP contribution in [0.1, 0.15) is 17.4 Å². The molecule has 0 aromatic carbocycles. The van der Waals surface area contributed by atoms with Crippen LogP contribution >= 0.6 is 0 Å². The molecule has 1 atom stereocenters. The molecule has 0 amide bonds. The van der Waals surface area contributed by atoms with Crippen LogP contribution in [0, 0.1) is 0 Å². The van der Waals surface area contributed by atoms with Gasteiger partial charge in [-0.1, -0.05) is 0 Å². The van der Waals surface area contributed by atoms with Gasteiger partial charge in [0.15, 0.2) is 0 Å². The highest BCUT2D eigenvalue weighted by Gasteiger charge is 2.17. The van der Waals surface area contributed by atoms with Crippen molar-refractivity contribution < 1.29 is 0 Å². The zero-order valence-corrected chi connectivity index (χ0v) is 10.9. The molecule has 3 aromatic rings. The van der Waals surface area contributed by atoms with Gasteiger partial charge < -0.3 is 5.32 Å². The summed E-state index contributed by atoms with van der Waals surface area (Å²) in [5, 5.41) is 11.7. The summed E-state index contributed by atoms with van der Waals surface area (Å²) in [5.41, 5.74) is 2.11. The standard InChI is InChI=1S/C12H15N7/c1-13-10(5-12-15-8-17-18(12)2)9-6-16-19-4-3-14-7-11(9)19/h3-4,6-8,10,13H,5H2,1-2H3. The lowest BCUT2D eigenvalue weighted by atomic mass is 10.1. The predicted molar refractivity (Wildman–Crippen MR) is 69.5 cm³/mol. The summed E-state index contributed by atoms with van der Waals surface area (Å²) in [6.45, 7) is 0. The molecule has 98 valence electrons. The van der Waals surface area contributed by atoms with Gasteiger partial charge in [0.1, 0.15) is 12.2 Å². The fourth-order valence-corrected chi connectivity index (χ4v) is 2.18. The van der Waals surface area contributed by atoms with Crippen molar-refractivity contribution in [3.8, 4) is 0 Å². The number of aromatic nitrogens is 6. The Bertz CT molecular complexity index is 684. The summed E-state index contributed by atoms with van der Waals surface area (Å²) in [5.74, 6) is 0.933. The van der Waals surface area contributed by atoms with Crippen molar-refractivity contribution in [3.63, 3.8) is 0 Å². The molecule has 1 unspecified atom stereocenters. The van der Waals surface area contributed by atoms with E-state index in [1.807, 2.05) is 37.2 Å². The summed E-state index contributed by atoms with van der Waals surface area (Å²) in [4.78, 5) is 8.42. The van der Waals surface area contributed by atoms with Gasteiger partial charge in [0.2, 0.25) is 0 Å². The molecule has 0 aliphatic carbocycles. The van der Waals surface area contributed by atoms with E-state index in [0.717, 1.165) is 23.3 Å². The quantitative estimate of drug-likeness (QED) is 0.730. The van der Waals surface area contributed by atoms with E-state index in [-0.39, 0.29) is 6.04 Å². The van der Waals surface area contributed by atoms with Crippen LogP contribution in [-0.2, 0) is 13.5 Å². The molecule has 3 heterocycles. The molecular weight excluding hydrogens is 242 g/mol. The molecule has 0 aliphatic heterocycles. The zero-order valence-electron chi connectivity index (χ0n) is 10.9.